The van der Waals surface area contributed by atoms with Crippen molar-refractivity contribution in [1.82, 2.24) is 4.98 Å². The van der Waals surface area contributed by atoms with Crippen molar-refractivity contribution in [3.05, 3.63) is 53.6 Å². The minimum Gasteiger partial charge on any atom is -0.508 e. The summed E-state index contributed by atoms with van der Waals surface area (Å²) in [6, 6.07) is 10.8. The maximum atomic E-state index is 12.1. The van der Waals surface area contributed by atoms with Crippen LogP contribution in [0.15, 0.2) is 42.5 Å². The van der Waals surface area contributed by atoms with E-state index in [1.165, 1.54) is 41.7 Å². The molecule has 0 aliphatic carbocycles. The number of fused-ring (bicyclic) bond motifs is 1. The van der Waals surface area contributed by atoms with Gasteiger partial charge in [-0.3, -0.25) is 14.9 Å². The van der Waals surface area contributed by atoms with Crippen molar-refractivity contribution in [2.24, 2.45) is 5.73 Å². The Kier molecular flexibility index (Phi) is 3.48. The first-order chi connectivity index (χ1) is 10.5. The second-order valence-corrected chi connectivity index (χ2v) is 5.60. The molecule has 2 aromatic carbocycles. The molecule has 22 heavy (non-hydrogen) atoms. The van der Waals surface area contributed by atoms with Crippen LogP contribution >= 0.6 is 11.3 Å². The highest BCUT2D eigenvalue weighted by Crippen LogP contribution is 2.28. The number of nitrogens with zero attached hydrogens (tertiary/aromatic N) is 1. The molecule has 4 N–H and O–H groups in total. The average Bonchev–Trinajstić information content (AvgIpc) is 2.88. The van der Waals surface area contributed by atoms with Crippen molar-refractivity contribution in [3.8, 4) is 5.75 Å². The summed E-state index contributed by atoms with van der Waals surface area (Å²) in [6.45, 7) is 0. The number of phenols is 1. The quantitative estimate of drug-likeness (QED) is 0.690. The Balaban J connectivity index is 1.81. The van der Waals surface area contributed by atoms with Crippen molar-refractivity contribution in [2.75, 3.05) is 5.32 Å². The monoisotopic (exact) mass is 313 g/mol. The number of nitrogens with two attached hydrogens (primary N) is 1. The summed E-state index contributed by atoms with van der Waals surface area (Å²) in [5.41, 5.74) is 6.58. The average molecular weight is 313 g/mol. The molecule has 3 rings (SSSR count). The predicted molar refractivity (Wildman–Crippen MR) is 84.2 cm³/mol. The van der Waals surface area contributed by atoms with E-state index in [4.69, 9.17) is 5.73 Å². The topological polar surface area (TPSA) is 105 Å². The summed E-state index contributed by atoms with van der Waals surface area (Å²) < 4.78 is 0.777. The van der Waals surface area contributed by atoms with Crippen LogP contribution in [0.5, 0.6) is 5.75 Å². The zero-order valence-corrected chi connectivity index (χ0v) is 12.1. The molecule has 0 bridgehead atoms. The van der Waals surface area contributed by atoms with Crippen LogP contribution in [0.1, 0.15) is 20.7 Å². The van der Waals surface area contributed by atoms with E-state index in [9.17, 15) is 14.7 Å². The maximum absolute atomic E-state index is 12.1. The number of aromatic hydroxyl groups is 1. The van der Waals surface area contributed by atoms with Crippen LogP contribution in [-0.4, -0.2) is 21.9 Å². The number of rotatable bonds is 3. The lowest BCUT2D eigenvalue weighted by molar-refractivity contribution is 0.0995. The van der Waals surface area contributed by atoms with Gasteiger partial charge in [0.1, 0.15) is 5.75 Å². The van der Waals surface area contributed by atoms with E-state index >= 15 is 0 Å². The third-order valence-corrected chi connectivity index (χ3v) is 3.96. The second-order valence-electron chi connectivity index (χ2n) is 4.57. The van der Waals surface area contributed by atoms with E-state index in [-0.39, 0.29) is 11.7 Å². The lowest BCUT2D eigenvalue weighted by Crippen LogP contribution is -2.14. The molecule has 0 radical (unpaired) electrons. The highest BCUT2D eigenvalue weighted by Gasteiger charge is 2.11. The standard InChI is InChI=1S/C15H11N3O3S/c16-13(20)8-1-3-9(4-2-8)14(21)18-15-17-11-6-5-10(19)7-12(11)22-15/h1-7,19H,(H2,16,20)(H,17,18,21). The second kappa shape index (κ2) is 5.45. The normalized spacial score (nSPS) is 10.5. The van der Waals surface area contributed by atoms with Crippen LogP contribution in [0, 0.1) is 0 Å². The molecule has 0 fully saturated rings. The van der Waals surface area contributed by atoms with Gasteiger partial charge in [0.25, 0.3) is 5.91 Å². The minimum absolute atomic E-state index is 0.149. The van der Waals surface area contributed by atoms with Gasteiger partial charge in [0.2, 0.25) is 5.91 Å². The molecule has 1 heterocycles. The molecule has 0 unspecified atom stereocenters. The molecule has 7 heteroatoms. The first-order valence-corrected chi connectivity index (χ1v) is 7.15. The molecule has 0 aliphatic heterocycles. The molecule has 3 aromatic rings. The molecule has 110 valence electrons. The lowest BCUT2D eigenvalue weighted by Gasteiger charge is -2.02. The van der Waals surface area contributed by atoms with Crippen LogP contribution in [0.25, 0.3) is 10.2 Å². The van der Waals surface area contributed by atoms with Gasteiger partial charge >= 0.3 is 0 Å². The number of carbonyl (C=O) groups is 2. The van der Waals surface area contributed by atoms with E-state index in [0.717, 1.165) is 4.70 Å². The maximum Gasteiger partial charge on any atom is 0.257 e. The number of phenolic OH excluding ortho intramolecular Hbond substituents is 1. The van der Waals surface area contributed by atoms with Gasteiger partial charge in [0, 0.05) is 11.1 Å². The van der Waals surface area contributed by atoms with Gasteiger partial charge in [-0.2, -0.15) is 0 Å². The van der Waals surface area contributed by atoms with Crippen molar-refractivity contribution < 1.29 is 14.7 Å². The number of nitrogens with one attached hydrogen (secondary N) is 1. The van der Waals surface area contributed by atoms with Gasteiger partial charge in [-0.15, -0.1) is 0 Å². The number of amides is 2. The van der Waals surface area contributed by atoms with E-state index < -0.39 is 5.91 Å². The fourth-order valence-corrected chi connectivity index (χ4v) is 2.82. The summed E-state index contributed by atoms with van der Waals surface area (Å²) in [7, 11) is 0. The number of benzene rings is 2. The number of carbonyl (C=O) groups excluding carboxylic acids is 2. The molecule has 0 atom stereocenters. The number of hydrogen-bond acceptors (Lipinski definition) is 5. The van der Waals surface area contributed by atoms with Gasteiger partial charge in [-0.1, -0.05) is 11.3 Å². The van der Waals surface area contributed by atoms with Gasteiger partial charge in [-0.25, -0.2) is 4.98 Å². The number of anilines is 1. The Morgan fingerprint density at radius 1 is 1.09 bits per heavy atom. The number of thiazole rings is 1. The van der Waals surface area contributed by atoms with E-state index in [1.54, 1.807) is 12.1 Å². The molecule has 1 aromatic heterocycles. The van der Waals surface area contributed by atoms with Crippen LogP contribution in [0.2, 0.25) is 0 Å². The third kappa shape index (κ3) is 2.75. The van der Waals surface area contributed by atoms with Crippen molar-refractivity contribution in [1.29, 1.82) is 0 Å². The van der Waals surface area contributed by atoms with Crippen molar-refractivity contribution in [2.45, 2.75) is 0 Å². The van der Waals surface area contributed by atoms with E-state index in [0.29, 0.717) is 21.8 Å². The van der Waals surface area contributed by atoms with E-state index in [1.807, 2.05) is 0 Å². The number of hydrogen-bond donors (Lipinski definition) is 3. The van der Waals surface area contributed by atoms with Crippen molar-refractivity contribution >= 4 is 38.5 Å². The largest absolute Gasteiger partial charge is 0.508 e. The molecular weight excluding hydrogens is 302 g/mol. The fraction of sp³-hybridized carbons (Fsp3) is 0. The zero-order chi connectivity index (χ0) is 15.7. The summed E-state index contributed by atoms with van der Waals surface area (Å²) in [6.07, 6.45) is 0. The first kappa shape index (κ1) is 14.0. The third-order valence-electron chi connectivity index (χ3n) is 3.02. The fourth-order valence-electron chi connectivity index (χ4n) is 1.92. The summed E-state index contributed by atoms with van der Waals surface area (Å²) in [5, 5.41) is 12.5. The number of aromatic nitrogens is 1. The van der Waals surface area contributed by atoms with E-state index in [2.05, 4.69) is 10.3 Å². The Labute approximate surface area is 129 Å². The van der Waals surface area contributed by atoms with Crippen molar-refractivity contribution in [3.63, 3.8) is 0 Å². The van der Waals surface area contributed by atoms with Gasteiger partial charge in [0.15, 0.2) is 5.13 Å². The summed E-state index contributed by atoms with van der Waals surface area (Å²) in [4.78, 5) is 27.4. The Morgan fingerprint density at radius 2 is 1.77 bits per heavy atom. The predicted octanol–water partition coefficient (Wildman–Crippen LogP) is 2.35. The molecule has 0 saturated heterocycles. The Morgan fingerprint density at radius 3 is 2.45 bits per heavy atom. The Bertz CT molecular complexity index is 871. The summed E-state index contributed by atoms with van der Waals surface area (Å²) >= 11 is 1.27. The summed E-state index contributed by atoms with van der Waals surface area (Å²) in [5.74, 6) is -0.728. The van der Waals surface area contributed by atoms with Crippen LogP contribution in [-0.2, 0) is 0 Å². The molecule has 0 aliphatic rings. The Hall–Kier alpha value is -2.93. The highest BCUT2D eigenvalue weighted by atomic mass is 32.1. The number of primary amides is 1. The molecular formula is C15H11N3O3S. The highest BCUT2D eigenvalue weighted by molar-refractivity contribution is 7.22. The molecule has 0 saturated carbocycles. The molecule has 2 amide bonds. The smallest absolute Gasteiger partial charge is 0.257 e. The van der Waals surface area contributed by atoms with Crippen LogP contribution in [0.4, 0.5) is 5.13 Å². The van der Waals surface area contributed by atoms with Gasteiger partial charge in [0.05, 0.1) is 10.2 Å². The SMILES string of the molecule is NC(=O)c1ccc(C(=O)Nc2nc3ccc(O)cc3s2)cc1. The molecule has 6 nitrogen and oxygen atoms in total. The lowest BCUT2D eigenvalue weighted by atomic mass is 10.1. The first-order valence-electron chi connectivity index (χ1n) is 6.34. The van der Waals surface area contributed by atoms with Crippen LogP contribution < -0.4 is 11.1 Å². The molecule has 0 spiro atoms. The minimum atomic E-state index is -0.544. The van der Waals surface area contributed by atoms with Crippen LogP contribution in [0.3, 0.4) is 0 Å². The zero-order valence-electron chi connectivity index (χ0n) is 11.2. The van der Waals surface area contributed by atoms with Gasteiger partial charge < -0.3 is 10.8 Å². The van der Waals surface area contributed by atoms with Gasteiger partial charge in [-0.05, 0) is 42.5 Å².